The average molecular weight is 1030 g/mol. The number of benzene rings is 9. The van der Waals surface area contributed by atoms with E-state index in [1.807, 2.05) is 54.6 Å². The Kier molecular flexibility index (Phi) is 19.6. The Bertz CT molecular complexity index is 3320. The van der Waals surface area contributed by atoms with Gasteiger partial charge in [-0.3, -0.25) is 0 Å². The van der Waals surface area contributed by atoms with Crippen LogP contribution in [0.4, 0.5) is 39.5 Å². The van der Waals surface area contributed by atoms with Gasteiger partial charge < -0.3 is 14.2 Å². The van der Waals surface area contributed by atoms with Crippen molar-refractivity contribution in [2.24, 2.45) is 0 Å². The molecule has 9 aromatic carbocycles. The van der Waals surface area contributed by atoms with Crippen LogP contribution in [0.15, 0.2) is 164 Å². The molecule has 0 radical (unpaired) electrons. The van der Waals surface area contributed by atoms with Gasteiger partial charge in [-0.15, -0.1) is 0 Å². The number of rotatable bonds is 18. The number of ether oxygens (including phenoxy) is 3. The number of halogens is 9. The van der Waals surface area contributed by atoms with Crippen molar-refractivity contribution in [1.82, 2.24) is 0 Å². The van der Waals surface area contributed by atoms with E-state index in [2.05, 4.69) is 89.6 Å². The molecule has 75 heavy (non-hydrogen) atoms. The first-order valence-electron chi connectivity index (χ1n) is 25.0. The lowest BCUT2D eigenvalue weighted by Gasteiger charge is -2.09. The fourth-order valence-electron chi connectivity index (χ4n) is 8.76. The lowest BCUT2D eigenvalue weighted by atomic mass is 9.98. The lowest BCUT2D eigenvalue weighted by Crippen LogP contribution is -2.03. The second-order valence-corrected chi connectivity index (χ2v) is 18.1. The molecule has 0 aliphatic rings. The summed E-state index contributed by atoms with van der Waals surface area (Å²) in [6.07, 6.45) is 10.2. The van der Waals surface area contributed by atoms with Gasteiger partial charge in [-0.25, -0.2) is 13.2 Å². The fraction of sp³-hybridized carbons (Fsp3) is 0.238. The summed E-state index contributed by atoms with van der Waals surface area (Å²) >= 11 is 0. The molecule has 0 saturated heterocycles. The first kappa shape index (κ1) is 55.3. The van der Waals surface area contributed by atoms with Gasteiger partial charge >= 0.3 is 19.8 Å². The Morgan fingerprint density at radius 1 is 0.293 bits per heavy atom. The number of aryl methyl sites for hydroxylation is 3. The normalized spacial score (nSPS) is 11.2. The zero-order valence-electron chi connectivity index (χ0n) is 41.8. The summed E-state index contributed by atoms with van der Waals surface area (Å²) in [5.41, 5.74) is 8.27. The van der Waals surface area contributed by atoms with Crippen molar-refractivity contribution in [2.75, 3.05) is 0 Å². The predicted molar refractivity (Wildman–Crippen MR) is 284 cm³/mol. The van der Waals surface area contributed by atoms with E-state index in [4.69, 9.17) is 0 Å². The van der Waals surface area contributed by atoms with Crippen LogP contribution in [0.3, 0.4) is 0 Å². The van der Waals surface area contributed by atoms with Crippen LogP contribution in [0.25, 0.3) is 65.7 Å². The summed E-state index contributed by atoms with van der Waals surface area (Å²) in [6, 6.07) is 48.8. The number of hydrogen-bond donors (Lipinski definition) is 0. The molecule has 0 N–H and O–H groups in total. The zero-order chi connectivity index (χ0) is 53.4. The Labute approximate surface area is 431 Å². The highest BCUT2D eigenvalue weighted by molar-refractivity contribution is 5.90. The summed E-state index contributed by atoms with van der Waals surface area (Å²) in [5, 5.41) is 6.58. The molecular formula is C63H57F9O3. The van der Waals surface area contributed by atoms with E-state index in [-0.39, 0.29) is 0 Å². The summed E-state index contributed by atoms with van der Waals surface area (Å²) in [7, 11) is 0. The van der Waals surface area contributed by atoms with Crippen molar-refractivity contribution in [1.29, 1.82) is 0 Å². The molecular weight excluding hydrogens is 976 g/mol. The van der Waals surface area contributed by atoms with E-state index in [1.54, 1.807) is 18.2 Å². The molecule has 0 heterocycles. The monoisotopic (exact) mass is 1030 g/mol. The molecule has 0 fully saturated rings. The molecule has 0 saturated carbocycles. The van der Waals surface area contributed by atoms with Crippen LogP contribution in [0.1, 0.15) is 76.0 Å². The molecule has 0 aliphatic carbocycles. The molecule has 3 nitrogen and oxygen atoms in total. The highest BCUT2D eigenvalue weighted by Gasteiger charge is 2.15. The topological polar surface area (TPSA) is 27.7 Å². The zero-order valence-corrected chi connectivity index (χ0v) is 41.8. The van der Waals surface area contributed by atoms with Crippen molar-refractivity contribution < 1.29 is 53.7 Å². The minimum Gasteiger partial charge on any atom is -0.432 e. The molecule has 0 amide bonds. The highest BCUT2D eigenvalue weighted by atomic mass is 19.3. The van der Waals surface area contributed by atoms with Crippen LogP contribution in [0, 0.1) is 17.5 Å². The Morgan fingerprint density at radius 3 is 0.880 bits per heavy atom. The van der Waals surface area contributed by atoms with E-state index in [1.165, 1.54) is 72.4 Å². The summed E-state index contributed by atoms with van der Waals surface area (Å²) in [4.78, 5) is 0. The highest BCUT2D eigenvalue weighted by Crippen LogP contribution is 2.33. The predicted octanol–water partition coefficient (Wildman–Crippen LogP) is 19.8. The van der Waals surface area contributed by atoms with Crippen LogP contribution in [-0.2, 0) is 19.3 Å². The third kappa shape index (κ3) is 15.5. The number of hydrogen-bond acceptors (Lipinski definition) is 3. The molecule has 0 atom stereocenters. The Morgan fingerprint density at radius 2 is 0.573 bits per heavy atom. The van der Waals surface area contributed by atoms with Gasteiger partial charge in [0.1, 0.15) is 0 Å². The lowest BCUT2D eigenvalue weighted by molar-refractivity contribution is -0.0527. The van der Waals surface area contributed by atoms with Crippen molar-refractivity contribution >= 4 is 32.3 Å². The molecule has 0 bridgehead atoms. The standard InChI is InChI=1S/C22H21F3O.C21H19F3O.C20H17F3O/c1-2-3-4-5-15-6-7-17-13-18(9-8-16(17)12-15)19-10-11-21(20(23)14-19)26-22(24)25;1-2-3-4-14-5-6-16-12-17(8-7-15(16)11-14)18-9-10-20(19(22)13-18)25-21(23)24;1-2-3-13-4-5-15-11-16(7-6-14(15)10-13)17-8-9-19(18(21)12-17)24-20(22)23/h6-14,22H,2-5H2,1H3;5-13,21H,2-4H2,1H3;4-12,20H,2-3H2,1H3. The molecule has 12 heteroatoms. The number of unbranched alkanes of at least 4 members (excludes halogenated alkanes) is 3. The quantitative estimate of drug-likeness (QED) is 0.0633. The van der Waals surface area contributed by atoms with Gasteiger partial charge in [0.2, 0.25) is 0 Å². The van der Waals surface area contributed by atoms with Crippen LogP contribution >= 0.6 is 0 Å². The maximum absolute atomic E-state index is 14.0. The van der Waals surface area contributed by atoms with Crippen LogP contribution < -0.4 is 14.2 Å². The summed E-state index contributed by atoms with van der Waals surface area (Å²) in [5.74, 6) is -3.73. The number of fused-ring (bicyclic) bond motifs is 3. The maximum atomic E-state index is 14.0. The van der Waals surface area contributed by atoms with Gasteiger partial charge in [-0.2, -0.15) is 26.3 Å². The van der Waals surface area contributed by atoms with Crippen LogP contribution in [-0.4, -0.2) is 19.8 Å². The molecule has 9 rings (SSSR count). The Hall–Kier alpha value is -7.47. The smallest absolute Gasteiger partial charge is 0.387 e. The molecule has 390 valence electrons. The van der Waals surface area contributed by atoms with Gasteiger partial charge in [0.25, 0.3) is 0 Å². The first-order chi connectivity index (χ1) is 36.2. The van der Waals surface area contributed by atoms with E-state index >= 15 is 0 Å². The molecule has 0 aromatic heterocycles. The van der Waals surface area contributed by atoms with Gasteiger partial charge in [-0.1, -0.05) is 156 Å². The van der Waals surface area contributed by atoms with E-state index in [0.29, 0.717) is 16.7 Å². The second-order valence-electron chi connectivity index (χ2n) is 18.1. The van der Waals surface area contributed by atoms with Crippen LogP contribution in [0.5, 0.6) is 17.2 Å². The molecule has 0 aliphatic heterocycles. The second kappa shape index (κ2) is 26.7. The fourth-order valence-corrected chi connectivity index (χ4v) is 8.76. The first-order valence-corrected chi connectivity index (χ1v) is 25.0. The van der Waals surface area contributed by atoms with Gasteiger partial charge in [0, 0.05) is 0 Å². The average Bonchev–Trinajstić information content (AvgIpc) is 3.39. The summed E-state index contributed by atoms with van der Waals surface area (Å²) in [6.45, 7) is -2.61. The summed E-state index contributed by atoms with van der Waals surface area (Å²) < 4.78 is 128. The third-order valence-corrected chi connectivity index (χ3v) is 12.6. The SMILES string of the molecule is CCCCCc1ccc2cc(-c3ccc(OC(F)F)c(F)c3)ccc2c1.CCCCc1ccc2cc(-c3ccc(OC(F)F)c(F)c3)ccc2c1.CCCc1ccc2cc(-c3ccc(OC(F)F)c(F)c3)ccc2c1. The van der Waals surface area contributed by atoms with Crippen molar-refractivity contribution in [3.05, 3.63) is 198 Å². The van der Waals surface area contributed by atoms with Gasteiger partial charge in [0.15, 0.2) is 34.7 Å². The minimum atomic E-state index is -3.04. The van der Waals surface area contributed by atoms with Crippen molar-refractivity contribution in [2.45, 2.75) is 98.4 Å². The third-order valence-electron chi connectivity index (χ3n) is 12.6. The van der Waals surface area contributed by atoms with E-state index in [0.717, 1.165) is 87.5 Å². The molecule has 9 aromatic rings. The van der Waals surface area contributed by atoms with E-state index in [9.17, 15) is 39.5 Å². The maximum Gasteiger partial charge on any atom is 0.387 e. The van der Waals surface area contributed by atoms with Crippen molar-refractivity contribution in [3.8, 4) is 50.6 Å². The van der Waals surface area contributed by atoms with Gasteiger partial charge in [0.05, 0.1) is 0 Å². The largest absolute Gasteiger partial charge is 0.432 e. The van der Waals surface area contributed by atoms with E-state index < -0.39 is 54.5 Å². The van der Waals surface area contributed by atoms with Gasteiger partial charge in [-0.05, 0) is 169 Å². The molecule has 0 spiro atoms. The van der Waals surface area contributed by atoms with Crippen molar-refractivity contribution in [3.63, 3.8) is 0 Å². The Balaban J connectivity index is 0.000000164. The number of alkyl halides is 6. The van der Waals surface area contributed by atoms with Crippen LogP contribution in [0.2, 0.25) is 0 Å². The minimum absolute atomic E-state index is 0.443. The molecule has 0 unspecified atom stereocenters.